The molecule has 1 heterocycles. The monoisotopic (exact) mass is 198 g/mol. The second-order valence-corrected chi connectivity index (χ2v) is 3.09. The lowest BCUT2D eigenvalue weighted by molar-refractivity contribution is 0.425. The molecule has 15 heavy (non-hydrogen) atoms. The van der Waals surface area contributed by atoms with E-state index in [1.807, 2.05) is 12.1 Å². The molecule has 0 unspecified atom stereocenters. The Bertz CT molecular complexity index is 549. The molecule has 72 valence electrons. The Morgan fingerprint density at radius 3 is 2.67 bits per heavy atom. The van der Waals surface area contributed by atoms with Crippen molar-refractivity contribution in [2.45, 2.75) is 0 Å². The van der Waals surface area contributed by atoms with Crippen molar-refractivity contribution in [2.24, 2.45) is 0 Å². The van der Waals surface area contributed by atoms with E-state index in [1.165, 1.54) is 6.20 Å². The number of para-hydroxylation sites is 1. The summed E-state index contributed by atoms with van der Waals surface area (Å²) >= 11 is 0. The van der Waals surface area contributed by atoms with Gasteiger partial charge in [-0.2, -0.15) is 5.26 Å². The van der Waals surface area contributed by atoms with Crippen LogP contribution < -0.4 is 5.46 Å². The third-order valence-corrected chi connectivity index (χ3v) is 2.19. The maximum atomic E-state index is 9.06. The molecule has 0 saturated heterocycles. The van der Waals surface area contributed by atoms with Gasteiger partial charge in [0.1, 0.15) is 0 Å². The summed E-state index contributed by atoms with van der Waals surface area (Å²) in [7, 11) is -1.67. The van der Waals surface area contributed by atoms with Gasteiger partial charge in [-0.1, -0.05) is 18.2 Å². The van der Waals surface area contributed by atoms with Crippen LogP contribution in [0.4, 0.5) is 0 Å². The number of aromatic nitrogens is 1. The summed E-state index contributed by atoms with van der Waals surface area (Å²) in [4.78, 5) is 4.04. The molecule has 0 aliphatic heterocycles. The van der Waals surface area contributed by atoms with Gasteiger partial charge in [-0.25, -0.2) is 0 Å². The molecule has 1 aromatic carbocycles. The predicted octanol–water partition coefficient (Wildman–Crippen LogP) is -0.214. The van der Waals surface area contributed by atoms with Gasteiger partial charge in [0.15, 0.2) is 0 Å². The van der Waals surface area contributed by atoms with E-state index in [9.17, 15) is 0 Å². The van der Waals surface area contributed by atoms with E-state index in [1.54, 1.807) is 18.2 Å². The molecule has 5 heteroatoms. The first-order valence-corrected chi connectivity index (χ1v) is 4.38. The first-order valence-electron chi connectivity index (χ1n) is 4.38. The molecule has 0 spiro atoms. The lowest BCUT2D eigenvalue weighted by atomic mass is 9.77. The zero-order valence-electron chi connectivity index (χ0n) is 7.75. The van der Waals surface area contributed by atoms with Crippen molar-refractivity contribution in [1.29, 1.82) is 5.26 Å². The van der Waals surface area contributed by atoms with E-state index in [-0.39, 0.29) is 11.0 Å². The first-order chi connectivity index (χ1) is 7.24. The van der Waals surface area contributed by atoms with Crippen LogP contribution in [0.5, 0.6) is 0 Å². The zero-order valence-corrected chi connectivity index (χ0v) is 7.75. The fourth-order valence-corrected chi connectivity index (χ4v) is 1.48. The van der Waals surface area contributed by atoms with Crippen LogP contribution in [0.1, 0.15) is 5.56 Å². The largest absolute Gasteiger partial charge is 0.491 e. The average Bonchev–Trinajstić information content (AvgIpc) is 2.27. The van der Waals surface area contributed by atoms with E-state index in [2.05, 4.69) is 4.98 Å². The van der Waals surface area contributed by atoms with Crippen LogP contribution in [0, 0.1) is 11.3 Å². The van der Waals surface area contributed by atoms with Crippen molar-refractivity contribution in [3.63, 3.8) is 0 Å². The normalized spacial score (nSPS) is 9.93. The van der Waals surface area contributed by atoms with Crippen LogP contribution >= 0.6 is 0 Å². The van der Waals surface area contributed by atoms with Gasteiger partial charge in [-0.05, 0) is 6.07 Å². The highest BCUT2D eigenvalue weighted by atomic mass is 16.4. The van der Waals surface area contributed by atoms with Crippen molar-refractivity contribution < 1.29 is 10.0 Å². The number of fused-ring (bicyclic) bond motifs is 1. The topological polar surface area (TPSA) is 77.1 Å². The Morgan fingerprint density at radius 1 is 1.27 bits per heavy atom. The molecular formula is C10H7BN2O2. The molecule has 2 rings (SSSR count). The predicted molar refractivity (Wildman–Crippen MR) is 56.3 cm³/mol. The van der Waals surface area contributed by atoms with Crippen LogP contribution in [0.15, 0.2) is 30.5 Å². The second-order valence-electron chi connectivity index (χ2n) is 3.09. The SMILES string of the molecule is N#Cc1c(B(O)O)cnc2ccccc12. The average molecular weight is 198 g/mol. The fourth-order valence-electron chi connectivity index (χ4n) is 1.48. The maximum Gasteiger partial charge on any atom is 0.491 e. The molecule has 0 amide bonds. The lowest BCUT2D eigenvalue weighted by Gasteiger charge is -2.04. The molecule has 0 aliphatic rings. The highest BCUT2D eigenvalue weighted by molar-refractivity contribution is 6.59. The maximum absolute atomic E-state index is 9.06. The minimum Gasteiger partial charge on any atom is -0.423 e. The van der Waals surface area contributed by atoms with Gasteiger partial charge >= 0.3 is 7.12 Å². The smallest absolute Gasteiger partial charge is 0.423 e. The number of hydrogen-bond donors (Lipinski definition) is 2. The summed E-state index contributed by atoms with van der Waals surface area (Å²) in [6.07, 6.45) is 1.31. The molecule has 2 N–H and O–H groups in total. The van der Waals surface area contributed by atoms with Gasteiger partial charge in [0, 0.05) is 17.0 Å². The Kier molecular flexibility index (Phi) is 2.38. The standard InChI is InChI=1S/C10H7BN2O2/c12-5-8-7-3-1-2-4-10(7)13-6-9(8)11(14)15/h1-4,6,14-15H. The van der Waals surface area contributed by atoms with Crippen molar-refractivity contribution in [2.75, 3.05) is 0 Å². The van der Waals surface area contributed by atoms with Crippen molar-refractivity contribution >= 4 is 23.5 Å². The van der Waals surface area contributed by atoms with Crippen LogP contribution in [0.3, 0.4) is 0 Å². The summed E-state index contributed by atoms with van der Waals surface area (Å²) < 4.78 is 0. The molecule has 0 bridgehead atoms. The molecule has 1 aromatic heterocycles. The molecule has 0 atom stereocenters. The number of nitriles is 1. The number of rotatable bonds is 1. The highest BCUT2D eigenvalue weighted by Gasteiger charge is 2.18. The minimum absolute atomic E-state index is 0.135. The van der Waals surface area contributed by atoms with E-state index in [0.717, 1.165) is 0 Å². The Hall–Kier alpha value is -1.90. The van der Waals surface area contributed by atoms with Crippen LogP contribution in [0.2, 0.25) is 0 Å². The van der Waals surface area contributed by atoms with E-state index < -0.39 is 7.12 Å². The van der Waals surface area contributed by atoms with Gasteiger partial charge in [-0.15, -0.1) is 0 Å². The highest BCUT2D eigenvalue weighted by Crippen LogP contribution is 2.13. The Balaban J connectivity index is 2.83. The van der Waals surface area contributed by atoms with Crippen molar-refractivity contribution in [3.05, 3.63) is 36.0 Å². The summed E-state index contributed by atoms with van der Waals surface area (Å²) in [5.41, 5.74) is 1.06. The fraction of sp³-hybridized carbons (Fsp3) is 0. The quantitative estimate of drug-likeness (QED) is 0.621. The summed E-state index contributed by atoms with van der Waals surface area (Å²) in [6, 6.07) is 9.04. The Labute approximate surface area is 86.6 Å². The minimum atomic E-state index is -1.67. The van der Waals surface area contributed by atoms with Crippen LogP contribution in [-0.4, -0.2) is 22.2 Å². The van der Waals surface area contributed by atoms with Crippen molar-refractivity contribution in [1.82, 2.24) is 4.98 Å². The second kappa shape index (κ2) is 3.69. The lowest BCUT2D eigenvalue weighted by Crippen LogP contribution is -2.32. The molecule has 0 radical (unpaired) electrons. The summed E-state index contributed by atoms with van der Waals surface area (Å²) in [5.74, 6) is 0. The van der Waals surface area contributed by atoms with Gasteiger partial charge in [0.2, 0.25) is 0 Å². The third-order valence-electron chi connectivity index (χ3n) is 2.19. The van der Waals surface area contributed by atoms with E-state index in [4.69, 9.17) is 15.3 Å². The van der Waals surface area contributed by atoms with Gasteiger partial charge in [-0.3, -0.25) is 4.98 Å². The van der Waals surface area contributed by atoms with Crippen molar-refractivity contribution in [3.8, 4) is 6.07 Å². The number of hydrogen-bond acceptors (Lipinski definition) is 4. The van der Waals surface area contributed by atoms with Crippen LogP contribution in [0.25, 0.3) is 10.9 Å². The van der Waals surface area contributed by atoms with Crippen LogP contribution in [-0.2, 0) is 0 Å². The number of pyridine rings is 1. The molecule has 0 fully saturated rings. The third kappa shape index (κ3) is 1.56. The zero-order chi connectivity index (χ0) is 10.8. The molecule has 0 saturated carbocycles. The van der Waals surface area contributed by atoms with Gasteiger partial charge < -0.3 is 10.0 Å². The first kappa shape index (κ1) is 9.65. The molecule has 0 aliphatic carbocycles. The van der Waals surface area contributed by atoms with Gasteiger partial charge in [0.05, 0.1) is 17.1 Å². The van der Waals surface area contributed by atoms with Gasteiger partial charge in [0.25, 0.3) is 0 Å². The van der Waals surface area contributed by atoms with E-state index >= 15 is 0 Å². The van der Waals surface area contributed by atoms with E-state index in [0.29, 0.717) is 10.9 Å². The molecule has 4 nitrogen and oxygen atoms in total. The Morgan fingerprint density at radius 2 is 2.00 bits per heavy atom. The number of nitrogens with zero attached hydrogens (tertiary/aromatic N) is 2. The number of benzene rings is 1. The molecule has 2 aromatic rings. The summed E-state index contributed by atoms with van der Waals surface area (Å²) in [5, 5.41) is 27.7. The summed E-state index contributed by atoms with van der Waals surface area (Å²) in [6.45, 7) is 0. The molecular weight excluding hydrogens is 191 g/mol.